The van der Waals surface area contributed by atoms with Crippen LogP contribution < -0.4 is 5.32 Å². The maximum absolute atomic E-state index is 9.34. The standard InChI is InChI=1S/C15H31NO2/c1-2-3-10-18-11-6-9-16-12-14-7-4-5-8-15(14)13-17/h14-17H,2-13H2,1H3. The Bertz CT molecular complexity index is 187. The van der Waals surface area contributed by atoms with E-state index < -0.39 is 0 Å². The molecular weight excluding hydrogens is 226 g/mol. The Morgan fingerprint density at radius 1 is 1.11 bits per heavy atom. The quantitative estimate of drug-likeness (QED) is 0.591. The highest BCUT2D eigenvalue weighted by atomic mass is 16.5. The Morgan fingerprint density at radius 2 is 1.83 bits per heavy atom. The van der Waals surface area contributed by atoms with E-state index in [4.69, 9.17) is 4.74 Å². The Kier molecular flexibility index (Phi) is 9.54. The minimum absolute atomic E-state index is 0.368. The van der Waals surface area contributed by atoms with Gasteiger partial charge in [-0.2, -0.15) is 0 Å². The molecule has 0 heterocycles. The second-order valence-electron chi connectivity index (χ2n) is 5.51. The molecule has 1 rings (SSSR count). The molecule has 0 amide bonds. The van der Waals surface area contributed by atoms with Crippen molar-refractivity contribution in [1.82, 2.24) is 5.32 Å². The molecule has 3 nitrogen and oxygen atoms in total. The Hall–Kier alpha value is -0.120. The fraction of sp³-hybridized carbons (Fsp3) is 1.00. The molecular formula is C15H31NO2. The van der Waals surface area contributed by atoms with Crippen LogP contribution in [0, 0.1) is 11.8 Å². The molecule has 0 aromatic carbocycles. The molecule has 0 aromatic rings. The smallest absolute Gasteiger partial charge is 0.0478 e. The van der Waals surface area contributed by atoms with Gasteiger partial charge in [0, 0.05) is 19.8 Å². The topological polar surface area (TPSA) is 41.5 Å². The third kappa shape index (κ3) is 6.72. The van der Waals surface area contributed by atoms with Crippen LogP contribution >= 0.6 is 0 Å². The van der Waals surface area contributed by atoms with Crippen LogP contribution in [0.5, 0.6) is 0 Å². The van der Waals surface area contributed by atoms with Gasteiger partial charge in [-0.3, -0.25) is 0 Å². The van der Waals surface area contributed by atoms with Gasteiger partial charge in [-0.05, 0) is 50.6 Å². The summed E-state index contributed by atoms with van der Waals surface area (Å²) in [7, 11) is 0. The fourth-order valence-electron chi connectivity index (χ4n) is 2.73. The van der Waals surface area contributed by atoms with Crippen LogP contribution in [0.15, 0.2) is 0 Å². The largest absolute Gasteiger partial charge is 0.396 e. The summed E-state index contributed by atoms with van der Waals surface area (Å²) in [5, 5.41) is 12.9. The predicted molar refractivity (Wildman–Crippen MR) is 75.7 cm³/mol. The molecule has 0 bridgehead atoms. The van der Waals surface area contributed by atoms with Crippen molar-refractivity contribution in [3.05, 3.63) is 0 Å². The SMILES string of the molecule is CCCCOCCCNCC1CCCCC1CO. The van der Waals surface area contributed by atoms with Gasteiger partial charge in [0.25, 0.3) is 0 Å². The van der Waals surface area contributed by atoms with E-state index >= 15 is 0 Å². The van der Waals surface area contributed by atoms with Gasteiger partial charge in [-0.25, -0.2) is 0 Å². The van der Waals surface area contributed by atoms with Crippen molar-refractivity contribution in [2.75, 3.05) is 32.9 Å². The van der Waals surface area contributed by atoms with E-state index in [1.807, 2.05) is 0 Å². The molecule has 1 saturated carbocycles. The molecule has 3 heteroatoms. The second kappa shape index (κ2) is 10.8. The summed E-state index contributed by atoms with van der Waals surface area (Å²) in [6, 6.07) is 0. The zero-order chi connectivity index (χ0) is 13.1. The highest BCUT2D eigenvalue weighted by molar-refractivity contribution is 4.76. The lowest BCUT2D eigenvalue weighted by atomic mass is 9.79. The molecule has 2 atom stereocenters. The van der Waals surface area contributed by atoms with E-state index in [1.54, 1.807) is 0 Å². The summed E-state index contributed by atoms with van der Waals surface area (Å²) in [5.74, 6) is 1.22. The van der Waals surface area contributed by atoms with Crippen LogP contribution in [0.3, 0.4) is 0 Å². The monoisotopic (exact) mass is 257 g/mol. The lowest BCUT2D eigenvalue weighted by Gasteiger charge is -2.30. The van der Waals surface area contributed by atoms with Crippen molar-refractivity contribution in [3.8, 4) is 0 Å². The van der Waals surface area contributed by atoms with Crippen LogP contribution in [0.4, 0.5) is 0 Å². The third-order valence-corrected chi connectivity index (χ3v) is 3.99. The Balaban J connectivity index is 1.93. The highest BCUT2D eigenvalue weighted by Gasteiger charge is 2.23. The summed E-state index contributed by atoms with van der Waals surface area (Å²) >= 11 is 0. The number of unbranched alkanes of at least 4 members (excludes halogenated alkanes) is 1. The van der Waals surface area contributed by atoms with Crippen molar-refractivity contribution in [2.24, 2.45) is 11.8 Å². The Morgan fingerprint density at radius 3 is 2.56 bits per heavy atom. The lowest BCUT2D eigenvalue weighted by Crippen LogP contribution is -2.33. The summed E-state index contributed by atoms with van der Waals surface area (Å²) in [6.07, 6.45) is 8.61. The minimum Gasteiger partial charge on any atom is -0.396 e. The molecule has 108 valence electrons. The molecule has 0 spiro atoms. The van der Waals surface area contributed by atoms with E-state index in [1.165, 1.54) is 38.5 Å². The number of hydrogen-bond acceptors (Lipinski definition) is 3. The first-order chi connectivity index (χ1) is 8.88. The van der Waals surface area contributed by atoms with Crippen molar-refractivity contribution in [3.63, 3.8) is 0 Å². The van der Waals surface area contributed by atoms with Crippen LogP contribution in [0.25, 0.3) is 0 Å². The first-order valence-electron chi connectivity index (χ1n) is 7.77. The summed E-state index contributed by atoms with van der Waals surface area (Å²) in [6.45, 7) is 6.45. The molecule has 1 fully saturated rings. The number of ether oxygens (including phenoxy) is 1. The van der Waals surface area contributed by atoms with Crippen molar-refractivity contribution >= 4 is 0 Å². The van der Waals surface area contributed by atoms with E-state index in [0.29, 0.717) is 18.4 Å². The van der Waals surface area contributed by atoms with Crippen molar-refractivity contribution < 1.29 is 9.84 Å². The van der Waals surface area contributed by atoms with E-state index in [-0.39, 0.29) is 0 Å². The molecule has 2 N–H and O–H groups in total. The third-order valence-electron chi connectivity index (χ3n) is 3.99. The average molecular weight is 257 g/mol. The van der Waals surface area contributed by atoms with Gasteiger partial charge in [0.2, 0.25) is 0 Å². The van der Waals surface area contributed by atoms with Crippen LogP contribution in [-0.4, -0.2) is 38.0 Å². The van der Waals surface area contributed by atoms with Gasteiger partial charge in [0.15, 0.2) is 0 Å². The van der Waals surface area contributed by atoms with Gasteiger partial charge < -0.3 is 15.2 Å². The Labute approximate surface area is 112 Å². The van der Waals surface area contributed by atoms with Gasteiger partial charge in [-0.1, -0.05) is 26.2 Å². The molecule has 0 saturated heterocycles. The molecule has 0 aromatic heterocycles. The van der Waals surface area contributed by atoms with E-state index in [9.17, 15) is 5.11 Å². The molecule has 2 unspecified atom stereocenters. The average Bonchev–Trinajstić information content (AvgIpc) is 2.42. The predicted octanol–water partition coefficient (Wildman–Crippen LogP) is 2.58. The molecule has 0 aliphatic heterocycles. The minimum atomic E-state index is 0.368. The van der Waals surface area contributed by atoms with Crippen molar-refractivity contribution in [1.29, 1.82) is 0 Å². The number of nitrogens with one attached hydrogen (secondary N) is 1. The zero-order valence-corrected chi connectivity index (χ0v) is 12.0. The second-order valence-corrected chi connectivity index (χ2v) is 5.51. The number of hydrogen-bond donors (Lipinski definition) is 2. The lowest BCUT2D eigenvalue weighted by molar-refractivity contribution is 0.122. The first kappa shape index (κ1) is 15.9. The summed E-state index contributed by atoms with van der Waals surface area (Å²) in [4.78, 5) is 0. The summed E-state index contributed by atoms with van der Waals surface area (Å²) < 4.78 is 5.53. The van der Waals surface area contributed by atoms with Gasteiger partial charge in [-0.15, -0.1) is 0 Å². The van der Waals surface area contributed by atoms with E-state index in [0.717, 1.165) is 32.7 Å². The van der Waals surface area contributed by atoms with Gasteiger partial charge >= 0.3 is 0 Å². The highest BCUT2D eigenvalue weighted by Crippen LogP contribution is 2.28. The van der Waals surface area contributed by atoms with Crippen LogP contribution in [0.1, 0.15) is 51.9 Å². The van der Waals surface area contributed by atoms with Gasteiger partial charge in [0.05, 0.1) is 0 Å². The fourth-order valence-corrected chi connectivity index (χ4v) is 2.73. The van der Waals surface area contributed by atoms with Crippen molar-refractivity contribution in [2.45, 2.75) is 51.9 Å². The van der Waals surface area contributed by atoms with Crippen LogP contribution in [0.2, 0.25) is 0 Å². The maximum Gasteiger partial charge on any atom is 0.0478 e. The molecule has 0 radical (unpaired) electrons. The van der Waals surface area contributed by atoms with Gasteiger partial charge in [0.1, 0.15) is 0 Å². The zero-order valence-electron chi connectivity index (χ0n) is 12.0. The molecule has 18 heavy (non-hydrogen) atoms. The number of aliphatic hydroxyl groups is 1. The summed E-state index contributed by atoms with van der Waals surface area (Å²) in [5.41, 5.74) is 0. The van der Waals surface area contributed by atoms with Crippen LogP contribution in [-0.2, 0) is 4.74 Å². The molecule has 1 aliphatic rings. The number of rotatable bonds is 10. The van der Waals surface area contributed by atoms with E-state index in [2.05, 4.69) is 12.2 Å². The normalized spacial score (nSPS) is 24.3. The first-order valence-corrected chi connectivity index (χ1v) is 7.77. The molecule has 1 aliphatic carbocycles. The number of aliphatic hydroxyl groups excluding tert-OH is 1. The maximum atomic E-state index is 9.34.